The van der Waals surface area contributed by atoms with Gasteiger partial charge in [-0.05, 0) is 59.9 Å². The van der Waals surface area contributed by atoms with Crippen molar-refractivity contribution in [2.75, 3.05) is 10.6 Å². The molecule has 3 aromatic carbocycles. The van der Waals surface area contributed by atoms with E-state index in [9.17, 15) is 14.3 Å². The number of imidazole rings is 2. The van der Waals surface area contributed by atoms with Gasteiger partial charge in [-0.25, -0.2) is 19.2 Å². The number of benzene rings is 3. The highest BCUT2D eigenvalue weighted by Crippen LogP contribution is 2.25. The number of aliphatic carboxylic acids is 1. The Morgan fingerprint density at radius 2 is 1.89 bits per heavy atom. The van der Waals surface area contributed by atoms with Gasteiger partial charge in [0.25, 0.3) is 0 Å². The monoisotopic (exact) mass is 512 g/mol. The van der Waals surface area contributed by atoms with Crippen molar-refractivity contribution < 1.29 is 14.3 Å². The number of nitrogens with zero attached hydrogens (tertiary/aromatic N) is 2. The van der Waals surface area contributed by atoms with Gasteiger partial charge in [0.2, 0.25) is 5.95 Å². The van der Waals surface area contributed by atoms with E-state index in [4.69, 9.17) is 0 Å². The van der Waals surface area contributed by atoms with Crippen LogP contribution in [-0.2, 0) is 24.2 Å². The first-order valence-electron chi connectivity index (χ1n) is 12.5. The van der Waals surface area contributed by atoms with Crippen molar-refractivity contribution in [2.45, 2.75) is 39.3 Å². The molecule has 2 aromatic heterocycles. The zero-order valence-corrected chi connectivity index (χ0v) is 21.2. The largest absolute Gasteiger partial charge is 0.480 e. The Labute approximate surface area is 219 Å². The minimum atomic E-state index is -0.963. The molecule has 5 rings (SSSR count). The minimum absolute atomic E-state index is 0.283. The molecule has 0 saturated heterocycles. The van der Waals surface area contributed by atoms with Crippen LogP contribution in [0.5, 0.6) is 0 Å². The van der Waals surface area contributed by atoms with Gasteiger partial charge in [0.05, 0.1) is 29.5 Å². The van der Waals surface area contributed by atoms with Crippen LogP contribution in [0, 0.1) is 12.7 Å². The number of hydrogen-bond donors (Lipinski definition) is 5. The fourth-order valence-corrected chi connectivity index (χ4v) is 4.53. The van der Waals surface area contributed by atoms with Gasteiger partial charge in [-0.2, -0.15) is 0 Å². The van der Waals surface area contributed by atoms with E-state index >= 15 is 0 Å². The second-order valence-electron chi connectivity index (χ2n) is 9.25. The van der Waals surface area contributed by atoms with Gasteiger partial charge in [0.15, 0.2) is 0 Å². The average Bonchev–Trinajstić information content (AvgIpc) is 3.55. The van der Waals surface area contributed by atoms with Crippen molar-refractivity contribution >= 4 is 28.6 Å². The van der Waals surface area contributed by atoms with E-state index < -0.39 is 12.0 Å². The number of carbonyl (C=O) groups is 1. The number of aromatic nitrogens is 4. The van der Waals surface area contributed by atoms with E-state index in [0.29, 0.717) is 30.2 Å². The summed E-state index contributed by atoms with van der Waals surface area (Å²) in [5, 5.41) is 16.2. The zero-order chi connectivity index (χ0) is 26.6. The number of halogens is 1. The van der Waals surface area contributed by atoms with E-state index in [1.165, 1.54) is 12.1 Å². The van der Waals surface area contributed by atoms with E-state index in [1.54, 1.807) is 13.1 Å². The van der Waals surface area contributed by atoms with Gasteiger partial charge < -0.3 is 25.7 Å². The smallest absolute Gasteiger partial charge is 0.326 e. The van der Waals surface area contributed by atoms with Crippen LogP contribution in [0.25, 0.3) is 22.3 Å². The third-order valence-electron chi connectivity index (χ3n) is 6.53. The summed E-state index contributed by atoms with van der Waals surface area (Å²) in [6, 6.07) is 17.6. The van der Waals surface area contributed by atoms with Crippen molar-refractivity contribution in [2.24, 2.45) is 0 Å². The summed E-state index contributed by atoms with van der Waals surface area (Å²) in [6.07, 6.45) is 2.66. The Morgan fingerprint density at radius 1 is 1.11 bits per heavy atom. The van der Waals surface area contributed by atoms with Crippen LogP contribution in [0.2, 0.25) is 0 Å². The molecule has 0 aliphatic carbocycles. The number of nitrogens with one attached hydrogen (secondary N) is 4. The fourth-order valence-electron chi connectivity index (χ4n) is 4.53. The molecule has 2 heterocycles. The minimum Gasteiger partial charge on any atom is -0.480 e. The van der Waals surface area contributed by atoms with Crippen LogP contribution in [0.3, 0.4) is 0 Å². The van der Waals surface area contributed by atoms with Crippen molar-refractivity contribution in [3.63, 3.8) is 0 Å². The molecule has 1 atom stereocenters. The number of aryl methyl sites for hydroxylation is 2. The van der Waals surface area contributed by atoms with Gasteiger partial charge in [0, 0.05) is 12.1 Å². The molecule has 0 spiro atoms. The van der Waals surface area contributed by atoms with Crippen LogP contribution < -0.4 is 10.6 Å². The molecule has 0 aliphatic rings. The van der Waals surface area contributed by atoms with Crippen LogP contribution in [-0.4, -0.2) is 37.1 Å². The van der Waals surface area contributed by atoms with Crippen LogP contribution in [0.4, 0.5) is 16.0 Å². The second kappa shape index (κ2) is 10.8. The second-order valence-corrected chi connectivity index (χ2v) is 9.25. The lowest BCUT2D eigenvalue weighted by atomic mass is 10.0. The lowest BCUT2D eigenvalue weighted by Gasteiger charge is -2.20. The molecule has 194 valence electrons. The Hall–Kier alpha value is -4.66. The van der Waals surface area contributed by atoms with Gasteiger partial charge in [-0.15, -0.1) is 0 Å². The summed E-state index contributed by atoms with van der Waals surface area (Å²) in [6.45, 7) is 4.18. The third kappa shape index (κ3) is 5.51. The van der Waals surface area contributed by atoms with Gasteiger partial charge in [0.1, 0.15) is 17.7 Å². The van der Waals surface area contributed by atoms with Gasteiger partial charge in [-0.3, -0.25) is 0 Å². The summed E-state index contributed by atoms with van der Waals surface area (Å²) < 4.78 is 13.8. The molecule has 5 N–H and O–H groups in total. The predicted octanol–water partition coefficient (Wildman–Crippen LogP) is 5.68. The number of rotatable bonds is 10. The Kier molecular flexibility index (Phi) is 7.08. The third-order valence-corrected chi connectivity index (χ3v) is 6.53. The lowest BCUT2D eigenvalue weighted by molar-refractivity contribution is -0.137. The highest BCUT2D eigenvalue weighted by molar-refractivity contribution is 5.79. The maximum absolute atomic E-state index is 13.8. The van der Waals surface area contributed by atoms with Crippen molar-refractivity contribution in [3.05, 3.63) is 95.2 Å². The number of hydrogen-bond acceptors (Lipinski definition) is 5. The first-order valence-corrected chi connectivity index (χ1v) is 12.5. The number of anilines is 2. The molecule has 9 heteroatoms. The summed E-state index contributed by atoms with van der Waals surface area (Å²) >= 11 is 0. The maximum Gasteiger partial charge on any atom is 0.326 e. The number of para-hydroxylation sites is 2. The lowest BCUT2D eigenvalue weighted by Crippen LogP contribution is -2.32. The summed E-state index contributed by atoms with van der Waals surface area (Å²) in [5.41, 5.74) is 6.67. The number of H-pyrrole nitrogens is 2. The summed E-state index contributed by atoms with van der Waals surface area (Å²) in [4.78, 5) is 27.5. The molecule has 0 fully saturated rings. The number of aromatic amines is 2. The standard InChI is InChI=1S/C29H29FN6O2/c1-3-19-14-21(30)12-17(2)27(19)34-24(28(37)38)13-18-8-10-20(11-9-18)25-15-31-26(33-25)16-32-29-35-22-6-4-5-7-23(22)36-29/h4-12,14-15,24,34H,3,13,16H2,1-2H3,(H,31,33)(H,37,38)(H2,32,35,36). The normalized spacial score (nSPS) is 12.0. The van der Waals surface area contributed by atoms with Crippen LogP contribution >= 0.6 is 0 Å². The van der Waals surface area contributed by atoms with Crippen molar-refractivity contribution in [1.29, 1.82) is 0 Å². The molecule has 0 saturated carbocycles. The molecule has 0 amide bonds. The molecule has 0 aliphatic heterocycles. The zero-order valence-electron chi connectivity index (χ0n) is 21.2. The Balaban J connectivity index is 1.24. The Bertz CT molecular complexity index is 1540. The molecular formula is C29H29FN6O2. The number of fused-ring (bicyclic) bond motifs is 1. The molecule has 0 radical (unpaired) electrons. The predicted molar refractivity (Wildman–Crippen MR) is 147 cm³/mol. The average molecular weight is 513 g/mol. The SMILES string of the molecule is CCc1cc(F)cc(C)c1NC(Cc1ccc(-c2cnc(CNc3nc4ccccc4[nH]3)[nH]2)cc1)C(=O)O. The molecule has 1 unspecified atom stereocenters. The quantitative estimate of drug-likeness (QED) is 0.164. The maximum atomic E-state index is 13.8. The van der Waals surface area contributed by atoms with Crippen LogP contribution in [0.15, 0.2) is 66.9 Å². The molecule has 38 heavy (non-hydrogen) atoms. The summed E-state index contributed by atoms with van der Waals surface area (Å²) in [5.74, 6) is 0.160. The topological polar surface area (TPSA) is 119 Å². The number of carboxylic acid groups (broad SMARTS) is 1. The molecule has 5 aromatic rings. The van der Waals surface area contributed by atoms with Crippen molar-refractivity contribution in [3.8, 4) is 11.3 Å². The first kappa shape index (κ1) is 25.0. The van der Waals surface area contributed by atoms with E-state index in [1.807, 2.05) is 55.5 Å². The van der Waals surface area contributed by atoms with E-state index in [0.717, 1.165) is 39.2 Å². The highest BCUT2D eigenvalue weighted by Gasteiger charge is 2.20. The number of carboxylic acids is 1. The molecule has 8 nitrogen and oxygen atoms in total. The molecule has 0 bridgehead atoms. The van der Waals surface area contributed by atoms with E-state index in [-0.39, 0.29) is 12.2 Å². The van der Waals surface area contributed by atoms with Gasteiger partial charge >= 0.3 is 5.97 Å². The molecular weight excluding hydrogens is 483 g/mol. The van der Waals surface area contributed by atoms with Gasteiger partial charge in [-0.1, -0.05) is 43.3 Å². The fraction of sp³-hybridized carbons (Fsp3) is 0.207. The van der Waals surface area contributed by atoms with Crippen LogP contribution in [0.1, 0.15) is 29.4 Å². The van der Waals surface area contributed by atoms with Crippen molar-refractivity contribution in [1.82, 2.24) is 19.9 Å². The first-order chi connectivity index (χ1) is 18.4. The van der Waals surface area contributed by atoms with E-state index in [2.05, 4.69) is 30.6 Å². The highest BCUT2D eigenvalue weighted by atomic mass is 19.1. The Morgan fingerprint density at radius 3 is 2.63 bits per heavy atom. The summed E-state index contributed by atoms with van der Waals surface area (Å²) in [7, 11) is 0.